The van der Waals surface area contributed by atoms with Crippen molar-refractivity contribution in [3.8, 4) is 17.0 Å². The molecule has 7 nitrogen and oxygen atoms in total. The number of carbonyl (C=O) groups is 1. The molecular formula is C21H29N5O2. The Labute approximate surface area is 165 Å². The van der Waals surface area contributed by atoms with Crippen molar-refractivity contribution in [3.05, 3.63) is 36.0 Å². The van der Waals surface area contributed by atoms with Crippen LogP contribution in [0.2, 0.25) is 0 Å². The fraction of sp³-hybridized carbons (Fsp3) is 0.524. The zero-order chi connectivity index (χ0) is 19.7. The maximum atomic E-state index is 13.2. The number of hydrogen-bond acceptors (Lipinski definition) is 5. The molecule has 1 amide bonds. The van der Waals surface area contributed by atoms with Crippen molar-refractivity contribution in [2.45, 2.75) is 24.8 Å². The van der Waals surface area contributed by atoms with Crippen molar-refractivity contribution < 1.29 is 9.90 Å². The fourth-order valence-corrected chi connectivity index (χ4v) is 4.42. The van der Waals surface area contributed by atoms with Gasteiger partial charge in [-0.05, 0) is 76.8 Å². The first kappa shape index (κ1) is 19.0. The van der Waals surface area contributed by atoms with E-state index in [9.17, 15) is 9.90 Å². The molecule has 2 aliphatic rings. The highest BCUT2D eigenvalue weighted by Crippen LogP contribution is 2.31. The lowest BCUT2D eigenvalue weighted by Crippen LogP contribution is -2.58. The smallest absolute Gasteiger partial charge is 0.271 e. The van der Waals surface area contributed by atoms with E-state index in [-0.39, 0.29) is 17.2 Å². The molecule has 4 rings (SSSR count). The van der Waals surface area contributed by atoms with Crippen LogP contribution in [-0.4, -0.2) is 88.3 Å². The Balaban J connectivity index is 1.53. The molecule has 0 unspecified atom stereocenters. The van der Waals surface area contributed by atoms with Crippen LogP contribution in [0, 0.1) is 0 Å². The summed E-state index contributed by atoms with van der Waals surface area (Å²) in [5.74, 6) is 0.235. The summed E-state index contributed by atoms with van der Waals surface area (Å²) < 4.78 is 0. The van der Waals surface area contributed by atoms with Gasteiger partial charge in [0.1, 0.15) is 11.4 Å². The number of amides is 1. The lowest BCUT2D eigenvalue weighted by Gasteiger charge is -2.47. The highest BCUT2D eigenvalue weighted by atomic mass is 16.3. The molecule has 150 valence electrons. The van der Waals surface area contributed by atoms with Crippen molar-refractivity contribution in [1.29, 1.82) is 0 Å². The number of piperidine rings is 1. The molecule has 0 atom stereocenters. The van der Waals surface area contributed by atoms with E-state index in [0.29, 0.717) is 11.4 Å². The Hall–Kier alpha value is -2.38. The standard InChI is InChI=1S/C21H29N5O2/c1-24-12-8-21(9-13-24)15-26(11-3-10-25(21)2)20(28)19-14-18(22-23-19)16-4-6-17(27)7-5-16/h4-7,14,27H,3,8-13,15H2,1-2H3,(H,22,23). The largest absolute Gasteiger partial charge is 0.508 e. The van der Waals surface area contributed by atoms with E-state index < -0.39 is 0 Å². The summed E-state index contributed by atoms with van der Waals surface area (Å²) in [7, 11) is 4.38. The summed E-state index contributed by atoms with van der Waals surface area (Å²) in [6.45, 7) is 4.70. The van der Waals surface area contributed by atoms with Crippen LogP contribution in [0.15, 0.2) is 30.3 Å². The predicted molar refractivity (Wildman–Crippen MR) is 108 cm³/mol. The van der Waals surface area contributed by atoms with Crippen molar-refractivity contribution in [3.63, 3.8) is 0 Å². The van der Waals surface area contributed by atoms with Crippen LogP contribution in [0.5, 0.6) is 5.75 Å². The lowest BCUT2D eigenvalue weighted by atomic mass is 9.85. The number of aromatic hydroxyl groups is 1. The predicted octanol–water partition coefficient (Wildman–Crippen LogP) is 2.02. The van der Waals surface area contributed by atoms with E-state index in [4.69, 9.17) is 0 Å². The topological polar surface area (TPSA) is 75.7 Å². The zero-order valence-corrected chi connectivity index (χ0v) is 16.7. The molecule has 1 aromatic heterocycles. The molecule has 1 aromatic carbocycles. The minimum absolute atomic E-state index is 0.0196. The number of likely N-dealkylation sites (tertiary alicyclic amines) is 1. The van der Waals surface area contributed by atoms with Crippen molar-refractivity contribution in [1.82, 2.24) is 24.9 Å². The molecule has 2 fully saturated rings. The normalized spacial score (nSPS) is 21.0. The van der Waals surface area contributed by atoms with E-state index in [0.717, 1.165) is 57.5 Å². The van der Waals surface area contributed by atoms with Crippen molar-refractivity contribution in [2.75, 3.05) is 46.8 Å². The van der Waals surface area contributed by atoms with Gasteiger partial charge in [0.05, 0.1) is 5.69 Å². The van der Waals surface area contributed by atoms with E-state index in [2.05, 4.69) is 34.1 Å². The molecule has 0 bridgehead atoms. The highest BCUT2D eigenvalue weighted by molar-refractivity contribution is 5.93. The van der Waals surface area contributed by atoms with Crippen LogP contribution in [0.1, 0.15) is 29.8 Å². The summed E-state index contributed by atoms with van der Waals surface area (Å²) in [6, 6.07) is 8.66. The van der Waals surface area contributed by atoms with Gasteiger partial charge in [0.2, 0.25) is 0 Å². The number of nitrogens with one attached hydrogen (secondary N) is 1. The molecule has 0 radical (unpaired) electrons. The third-order valence-corrected chi connectivity index (χ3v) is 6.39. The summed E-state index contributed by atoms with van der Waals surface area (Å²) >= 11 is 0. The van der Waals surface area contributed by atoms with Gasteiger partial charge in [0, 0.05) is 30.7 Å². The quantitative estimate of drug-likeness (QED) is 0.830. The van der Waals surface area contributed by atoms with Crippen LogP contribution >= 0.6 is 0 Å². The Morgan fingerprint density at radius 1 is 1.11 bits per heavy atom. The molecule has 2 saturated heterocycles. The van der Waals surface area contributed by atoms with E-state index in [1.54, 1.807) is 24.3 Å². The summed E-state index contributed by atoms with van der Waals surface area (Å²) in [6.07, 6.45) is 3.16. The van der Waals surface area contributed by atoms with Gasteiger partial charge in [0.15, 0.2) is 0 Å². The number of phenols is 1. The molecule has 2 N–H and O–H groups in total. The number of H-pyrrole nitrogens is 1. The Bertz CT molecular complexity index is 824. The number of nitrogens with zero attached hydrogens (tertiary/aromatic N) is 4. The summed E-state index contributed by atoms with van der Waals surface area (Å²) in [5.41, 5.74) is 2.17. The second kappa shape index (κ2) is 7.56. The third-order valence-electron chi connectivity index (χ3n) is 6.39. The van der Waals surface area contributed by atoms with Crippen LogP contribution in [-0.2, 0) is 0 Å². The van der Waals surface area contributed by atoms with Crippen molar-refractivity contribution >= 4 is 5.91 Å². The number of benzene rings is 1. The minimum Gasteiger partial charge on any atom is -0.508 e. The maximum absolute atomic E-state index is 13.2. The van der Waals surface area contributed by atoms with Gasteiger partial charge in [-0.25, -0.2) is 0 Å². The maximum Gasteiger partial charge on any atom is 0.271 e. The Morgan fingerprint density at radius 3 is 2.54 bits per heavy atom. The summed E-state index contributed by atoms with van der Waals surface area (Å²) in [5, 5.41) is 16.7. The number of aromatic nitrogens is 2. The highest BCUT2D eigenvalue weighted by Gasteiger charge is 2.41. The van der Waals surface area contributed by atoms with E-state index in [1.807, 2.05) is 11.0 Å². The first-order valence-corrected chi connectivity index (χ1v) is 10.0. The van der Waals surface area contributed by atoms with Gasteiger partial charge in [-0.3, -0.25) is 14.8 Å². The molecule has 0 saturated carbocycles. The van der Waals surface area contributed by atoms with Crippen LogP contribution < -0.4 is 0 Å². The SMILES string of the molecule is CN1CCC2(CC1)CN(C(=O)c1cc(-c3ccc(O)cc3)n[nH]1)CCCN2C. The average molecular weight is 383 g/mol. The molecule has 2 aliphatic heterocycles. The molecular weight excluding hydrogens is 354 g/mol. The summed E-state index contributed by atoms with van der Waals surface area (Å²) in [4.78, 5) is 20.1. The number of carbonyl (C=O) groups excluding carboxylic acids is 1. The molecule has 2 aromatic rings. The number of aromatic amines is 1. The fourth-order valence-electron chi connectivity index (χ4n) is 4.42. The number of likely N-dealkylation sites (N-methyl/N-ethyl adjacent to an activating group) is 1. The second-order valence-corrected chi connectivity index (χ2v) is 8.24. The molecule has 1 spiro atoms. The van der Waals surface area contributed by atoms with Gasteiger partial charge >= 0.3 is 0 Å². The second-order valence-electron chi connectivity index (χ2n) is 8.24. The first-order valence-electron chi connectivity index (χ1n) is 10.0. The molecule has 7 heteroatoms. The van der Waals surface area contributed by atoms with Gasteiger partial charge in [0.25, 0.3) is 5.91 Å². The Morgan fingerprint density at radius 2 is 1.82 bits per heavy atom. The van der Waals surface area contributed by atoms with E-state index >= 15 is 0 Å². The monoisotopic (exact) mass is 383 g/mol. The minimum atomic E-state index is 0.0196. The molecule has 3 heterocycles. The Kier molecular flexibility index (Phi) is 5.12. The van der Waals surface area contributed by atoms with Gasteiger partial charge in [-0.2, -0.15) is 5.10 Å². The van der Waals surface area contributed by atoms with E-state index in [1.165, 1.54) is 0 Å². The number of hydrogen-bond donors (Lipinski definition) is 2. The third kappa shape index (κ3) is 3.64. The van der Waals surface area contributed by atoms with Gasteiger partial charge in [-0.1, -0.05) is 0 Å². The van der Waals surface area contributed by atoms with Crippen LogP contribution in [0.3, 0.4) is 0 Å². The number of rotatable bonds is 2. The van der Waals surface area contributed by atoms with Gasteiger partial charge < -0.3 is 14.9 Å². The molecule has 0 aliphatic carbocycles. The molecule has 28 heavy (non-hydrogen) atoms. The van der Waals surface area contributed by atoms with Crippen LogP contribution in [0.25, 0.3) is 11.3 Å². The number of phenolic OH excluding ortho intramolecular Hbond substituents is 1. The first-order chi connectivity index (χ1) is 13.5. The van der Waals surface area contributed by atoms with Crippen LogP contribution in [0.4, 0.5) is 0 Å². The zero-order valence-electron chi connectivity index (χ0n) is 16.7. The average Bonchev–Trinajstić information content (AvgIpc) is 3.13. The van der Waals surface area contributed by atoms with Crippen molar-refractivity contribution in [2.24, 2.45) is 0 Å². The lowest BCUT2D eigenvalue weighted by molar-refractivity contribution is 0.0314. The van der Waals surface area contributed by atoms with Gasteiger partial charge in [-0.15, -0.1) is 0 Å².